The van der Waals surface area contributed by atoms with Crippen LogP contribution in [0.5, 0.6) is 11.5 Å². The van der Waals surface area contributed by atoms with Gasteiger partial charge in [0, 0.05) is 10.5 Å². The van der Waals surface area contributed by atoms with Crippen LogP contribution in [0.15, 0.2) is 46.6 Å². The Labute approximate surface area is 187 Å². The molecular weight excluding hydrogens is 499 g/mol. The Kier molecular flexibility index (Phi) is 5.77. The molecule has 0 saturated carbocycles. The Balaban J connectivity index is 1.62. The van der Waals surface area contributed by atoms with Gasteiger partial charge in [-0.3, -0.25) is 4.79 Å². The van der Waals surface area contributed by atoms with Gasteiger partial charge in [-0.15, -0.1) is 0 Å². The summed E-state index contributed by atoms with van der Waals surface area (Å²) < 4.78 is 79.3. The molecule has 9 heteroatoms. The fourth-order valence-electron chi connectivity index (χ4n) is 3.23. The van der Waals surface area contributed by atoms with E-state index in [-0.39, 0.29) is 28.6 Å². The van der Waals surface area contributed by atoms with Crippen molar-refractivity contribution in [1.82, 2.24) is 0 Å². The molecule has 164 valence electrons. The van der Waals surface area contributed by atoms with E-state index in [0.717, 1.165) is 4.47 Å². The highest BCUT2D eigenvalue weighted by atomic mass is 79.9. The zero-order chi connectivity index (χ0) is 23.2. The van der Waals surface area contributed by atoms with E-state index in [0.29, 0.717) is 11.1 Å². The van der Waals surface area contributed by atoms with Gasteiger partial charge in [0.25, 0.3) is 0 Å². The molecule has 32 heavy (non-hydrogen) atoms. The van der Waals surface area contributed by atoms with Crippen LogP contribution >= 0.6 is 15.9 Å². The zero-order valence-corrected chi connectivity index (χ0v) is 17.8. The average molecular weight is 511 g/mol. The lowest BCUT2D eigenvalue weighted by Crippen LogP contribution is -2.10. The van der Waals surface area contributed by atoms with Gasteiger partial charge in [0.1, 0.15) is 18.1 Å². The molecule has 1 heterocycles. The van der Waals surface area contributed by atoms with Crippen molar-refractivity contribution in [2.24, 2.45) is 0 Å². The highest BCUT2D eigenvalue weighted by Gasteiger charge is 2.31. The molecule has 0 aliphatic carbocycles. The number of benzene rings is 3. The molecule has 4 rings (SSSR count). The van der Waals surface area contributed by atoms with Crippen LogP contribution in [0, 0.1) is 36.0 Å². The summed E-state index contributed by atoms with van der Waals surface area (Å²) in [4.78, 5) is 12.8. The van der Waals surface area contributed by atoms with Gasteiger partial charge in [-0.25, -0.2) is 22.0 Å². The number of Topliss-reactive ketones (excluding diaryl/α,β-unsaturated/α-hetero) is 1. The molecule has 0 fully saturated rings. The van der Waals surface area contributed by atoms with Gasteiger partial charge in [0.15, 0.2) is 29.0 Å². The summed E-state index contributed by atoms with van der Waals surface area (Å²) in [5.41, 5.74) is 0.345. The van der Waals surface area contributed by atoms with Gasteiger partial charge in [0.2, 0.25) is 11.6 Å². The number of ether oxygens (including phenoxy) is 2. The van der Waals surface area contributed by atoms with Crippen LogP contribution in [-0.4, -0.2) is 5.78 Å². The fourth-order valence-corrected chi connectivity index (χ4v) is 3.63. The minimum absolute atomic E-state index is 0.0279. The number of allylic oxidation sites excluding steroid dienone is 1. The molecule has 0 bridgehead atoms. The number of carbonyl (C=O) groups excluding carboxylic acids is 1. The van der Waals surface area contributed by atoms with Gasteiger partial charge in [-0.1, -0.05) is 34.1 Å². The third-order valence-corrected chi connectivity index (χ3v) is 5.54. The van der Waals surface area contributed by atoms with Crippen molar-refractivity contribution in [2.75, 3.05) is 0 Å². The van der Waals surface area contributed by atoms with E-state index in [9.17, 15) is 26.7 Å². The summed E-state index contributed by atoms with van der Waals surface area (Å²) in [6.07, 6.45) is 1.56. The van der Waals surface area contributed by atoms with Crippen LogP contribution in [0.4, 0.5) is 22.0 Å². The Hall–Kier alpha value is -3.20. The lowest BCUT2D eigenvalue weighted by atomic mass is 10.0. The van der Waals surface area contributed by atoms with Crippen LogP contribution in [0.1, 0.15) is 27.0 Å². The number of fused-ring (bicyclic) bond motifs is 1. The van der Waals surface area contributed by atoms with E-state index in [4.69, 9.17) is 9.47 Å². The number of hydrogen-bond acceptors (Lipinski definition) is 3. The van der Waals surface area contributed by atoms with Crippen LogP contribution in [0.3, 0.4) is 0 Å². The largest absolute Gasteiger partial charge is 0.489 e. The zero-order valence-electron chi connectivity index (χ0n) is 16.2. The Morgan fingerprint density at radius 2 is 1.59 bits per heavy atom. The molecule has 0 N–H and O–H groups in total. The van der Waals surface area contributed by atoms with Crippen molar-refractivity contribution in [3.05, 3.63) is 98.0 Å². The number of hydrogen-bond donors (Lipinski definition) is 0. The first-order valence-electron chi connectivity index (χ1n) is 9.15. The van der Waals surface area contributed by atoms with E-state index in [1.807, 2.05) is 6.07 Å². The van der Waals surface area contributed by atoms with Gasteiger partial charge < -0.3 is 9.47 Å². The SMILES string of the molecule is Cc1cc(OCc2c(F)c(F)c(F)c(F)c2F)cc2c1C(=O)/C(=C/c1ccccc1Br)O2. The number of rotatable bonds is 4. The highest BCUT2D eigenvalue weighted by Crippen LogP contribution is 2.38. The molecule has 0 radical (unpaired) electrons. The predicted molar refractivity (Wildman–Crippen MR) is 109 cm³/mol. The molecule has 0 atom stereocenters. The second-order valence-corrected chi connectivity index (χ2v) is 7.77. The number of halogens is 6. The second kappa shape index (κ2) is 8.38. The van der Waals surface area contributed by atoms with Gasteiger partial charge in [0.05, 0.1) is 11.1 Å². The Bertz CT molecular complexity index is 1270. The second-order valence-electron chi connectivity index (χ2n) is 6.91. The third kappa shape index (κ3) is 3.77. The first-order chi connectivity index (χ1) is 15.2. The van der Waals surface area contributed by atoms with Crippen molar-refractivity contribution >= 4 is 27.8 Å². The Morgan fingerprint density at radius 3 is 2.25 bits per heavy atom. The van der Waals surface area contributed by atoms with Gasteiger partial charge in [-0.05, 0) is 36.3 Å². The molecule has 0 unspecified atom stereocenters. The third-order valence-electron chi connectivity index (χ3n) is 4.82. The standard InChI is InChI=1S/C23H12BrF5O3/c1-10-6-12(31-9-13-18(25)20(27)22(29)21(28)19(13)26)8-15-17(10)23(30)16(32-15)7-11-4-2-3-5-14(11)24/h2-8H,9H2,1H3/b16-7-. The molecule has 3 aromatic rings. The van der Waals surface area contributed by atoms with Crippen LogP contribution in [0.25, 0.3) is 6.08 Å². The van der Waals surface area contributed by atoms with Crippen molar-refractivity contribution in [3.8, 4) is 11.5 Å². The lowest BCUT2D eigenvalue weighted by Gasteiger charge is -2.11. The number of aryl methyl sites for hydroxylation is 1. The highest BCUT2D eigenvalue weighted by molar-refractivity contribution is 9.10. The monoisotopic (exact) mass is 510 g/mol. The number of ketones is 1. The Morgan fingerprint density at radius 1 is 0.969 bits per heavy atom. The summed E-state index contributed by atoms with van der Waals surface area (Å²) in [7, 11) is 0. The summed E-state index contributed by atoms with van der Waals surface area (Å²) in [6.45, 7) is 0.685. The van der Waals surface area contributed by atoms with E-state index in [1.165, 1.54) is 12.1 Å². The van der Waals surface area contributed by atoms with Crippen LogP contribution < -0.4 is 9.47 Å². The molecule has 0 amide bonds. The smallest absolute Gasteiger partial charge is 0.232 e. The maximum atomic E-state index is 13.9. The molecular formula is C23H12BrF5O3. The summed E-state index contributed by atoms with van der Waals surface area (Å²) in [6, 6.07) is 9.91. The minimum atomic E-state index is -2.24. The first-order valence-corrected chi connectivity index (χ1v) is 9.95. The van der Waals surface area contributed by atoms with Crippen molar-refractivity contribution in [3.63, 3.8) is 0 Å². The van der Waals surface area contributed by atoms with Crippen molar-refractivity contribution in [2.45, 2.75) is 13.5 Å². The quantitative estimate of drug-likeness (QED) is 0.170. The lowest BCUT2D eigenvalue weighted by molar-refractivity contribution is 0.101. The molecule has 0 saturated heterocycles. The molecule has 1 aliphatic rings. The van der Waals surface area contributed by atoms with Crippen molar-refractivity contribution in [1.29, 1.82) is 0 Å². The van der Waals surface area contributed by atoms with Crippen LogP contribution in [0.2, 0.25) is 0 Å². The minimum Gasteiger partial charge on any atom is -0.489 e. The normalized spacial score (nSPS) is 14.0. The van der Waals surface area contributed by atoms with Crippen molar-refractivity contribution < 1.29 is 36.2 Å². The molecule has 1 aliphatic heterocycles. The maximum Gasteiger partial charge on any atom is 0.232 e. The van der Waals surface area contributed by atoms with E-state index in [1.54, 1.807) is 31.2 Å². The molecule has 0 spiro atoms. The molecule has 0 aromatic heterocycles. The molecule has 3 aromatic carbocycles. The predicted octanol–water partition coefficient (Wildman–Crippen LogP) is 6.65. The van der Waals surface area contributed by atoms with E-state index >= 15 is 0 Å². The summed E-state index contributed by atoms with van der Waals surface area (Å²) in [5.74, 6) is -10.4. The van der Waals surface area contributed by atoms with Gasteiger partial charge >= 0.3 is 0 Å². The summed E-state index contributed by atoms with van der Waals surface area (Å²) in [5, 5.41) is 0. The van der Waals surface area contributed by atoms with E-state index in [2.05, 4.69) is 15.9 Å². The van der Waals surface area contributed by atoms with Crippen LogP contribution in [-0.2, 0) is 6.61 Å². The first kappa shape index (κ1) is 22.0. The number of carbonyl (C=O) groups is 1. The van der Waals surface area contributed by atoms with Gasteiger partial charge in [-0.2, -0.15) is 0 Å². The topological polar surface area (TPSA) is 35.5 Å². The fraction of sp³-hybridized carbons (Fsp3) is 0.0870. The van der Waals surface area contributed by atoms with E-state index < -0.39 is 41.3 Å². The average Bonchev–Trinajstić information content (AvgIpc) is 3.08. The molecule has 3 nitrogen and oxygen atoms in total. The maximum absolute atomic E-state index is 13.9. The summed E-state index contributed by atoms with van der Waals surface area (Å²) >= 11 is 3.38.